The second kappa shape index (κ2) is 30.5. The fourth-order valence-corrected chi connectivity index (χ4v) is 21.0. The summed E-state index contributed by atoms with van der Waals surface area (Å²) in [5.74, 6) is 3.25. The summed E-state index contributed by atoms with van der Waals surface area (Å²) in [6, 6.07) is 83.0. The third kappa shape index (κ3) is 13.6. The van der Waals surface area contributed by atoms with E-state index in [0.717, 1.165) is 56.9 Å². The van der Waals surface area contributed by atoms with E-state index in [9.17, 15) is 0 Å². The van der Waals surface area contributed by atoms with Gasteiger partial charge in [-0.1, -0.05) is 324 Å². The quantitative estimate of drug-likeness (QED) is 0.135. The minimum absolute atomic E-state index is 0. The Balaban J connectivity index is 0.000000177. The van der Waals surface area contributed by atoms with Crippen LogP contribution in [0.25, 0.3) is 44.5 Å². The van der Waals surface area contributed by atoms with Crippen molar-refractivity contribution < 1.29 is 42.1 Å². The van der Waals surface area contributed by atoms with Gasteiger partial charge in [-0.25, -0.2) is 19.9 Å². The van der Waals surface area contributed by atoms with Crippen molar-refractivity contribution >= 4 is 23.3 Å². The van der Waals surface area contributed by atoms with E-state index >= 15 is 0 Å². The third-order valence-corrected chi connectivity index (χ3v) is 28.1. The molecule has 14 aromatic rings. The molecule has 0 N–H and O–H groups in total. The van der Waals surface area contributed by atoms with Crippen LogP contribution in [0.5, 0.6) is 0 Å². The molecule has 0 bridgehead atoms. The summed E-state index contributed by atoms with van der Waals surface area (Å²) in [5.41, 5.74) is 32.3. The van der Waals surface area contributed by atoms with Gasteiger partial charge < -0.3 is 40.0 Å². The molecule has 10 aromatic carbocycles. The Morgan fingerprint density at radius 3 is 0.836 bits per heavy atom. The van der Waals surface area contributed by atoms with E-state index in [1.54, 1.807) is 18.6 Å². The van der Waals surface area contributed by atoms with Crippen LogP contribution >= 0.6 is 0 Å². The van der Waals surface area contributed by atoms with Crippen LogP contribution in [-0.2, 0) is 107 Å². The first-order valence-corrected chi connectivity index (χ1v) is 44.9. The van der Waals surface area contributed by atoms with E-state index in [1.165, 1.54) is 134 Å². The predicted octanol–water partition coefficient (Wildman–Crippen LogP) is 25.1. The molecule has 0 spiro atoms. The van der Waals surface area contributed by atoms with Crippen molar-refractivity contribution in [1.82, 2.24) is 40.3 Å². The van der Waals surface area contributed by atoms with Crippen molar-refractivity contribution in [3.63, 3.8) is 0 Å². The van der Waals surface area contributed by atoms with Gasteiger partial charge in [-0.05, 0) is 191 Å². The number of anilines is 4. The molecule has 20 rings (SSSR count). The van der Waals surface area contributed by atoms with Gasteiger partial charge in [0.05, 0.1) is 16.4 Å². The molecule has 0 fully saturated rings. The van der Waals surface area contributed by atoms with Crippen molar-refractivity contribution in [3.8, 4) is 44.5 Å². The van der Waals surface area contributed by atoms with Crippen molar-refractivity contribution in [2.75, 3.05) is 33.7 Å². The Kier molecular flexibility index (Phi) is 21.3. The smallest absolute Gasteiger partial charge is 0.142 e. The molecular weight excluding hydrogens is 1930 g/mol. The minimum atomic E-state index is -0.877. The summed E-state index contributed by atoms with van der Waals surface area (Å²) in [5, 5.41) is 18.9. The molecule has 128 heavy (non-hydrogen) atoms. The number of nitrogens with zero attached hydrogens (tertiary/aromatic N) is 12. The van der Waals surface area contributed by atoms with E-state index < -0.39 is 21.9 Å². The first-order valence-electron chi connectivity index (χ1n) is 44.9. The molecule has 0 atom stereocenters. The Hall–Kier alpha value is -10.6. The van der Waals surface area contributed by atoms with Crippen LogP contribution in [0.3, 0.4) is 0 Å². The zero-order chi connectivity index (χ0) is 89.3. The van der Waals surface area contributed by atoms with Crippen LogP contribution in [0.1, 0.15) is 289 Å². The third-order valence-electron chi connectivity index (χ3n) is 28.1. The first kappa shape index (κ1) is 89.3. The van der Waals surface area contributed by atoms with Gasteiger partial charge in [0.15, 0.2) is 0 Å². The van der Waals surface area contributed by atoms with Crippen molar-refractivity contribution in [3.05, 3.63) is 379 Å². The van der Waals surface area contributed by atoms with Crippen LogP contribution in [-0.4, -0.2) is 44.2 Å². The molecule has 6 heterocycles. The van der Waals surface area contributed by atoms with E-state index in [4.69, 9.17) is 30.1 Å². The van der Waals surface area contributed by atoms with E-state index in [-0.39, 0.29) is 85.5 Å². The summed E-state index contributed by atoms with van der Waals surface area (Å²) in [6.45, 7) is 59.5. The zero-order valence-corrected chi connectivity index (χ0v) is 83.6. The fourth-order valence-electron chi connectivity index (χ4n) is 21.0. The van der Waals surface area contributed by atoms with Crippen LogP contribution < -0.4 is 29.8 Å². The van der Waals surface area contributed by atoms with Gasteiger partial charge in [-0.3, -0.25) is 0 Å². The number of fused-ring (bicyclic) bond motifs is 14. The normalized spacial score (nSPS) is 15.9. The molecule has 660 valence electrons. The average Bonchev–Trinajstić information content (AvgIpc) is 1.52. The molecule has 4 aliphatic carbocycles. The molecule has 0 radical (unpaired) electrons. The maximum absolute atomic E-state index is 5.09. The molecule has 6 aliphatic rings. The Morgan fingerprint density at radius 1 is 0.289 bits per heavy atom. The number of hydrogen-bond acceptors (Lipinski definition) is 10. The second-order valence-corrected chi connectivity index (χ2v) is 44.4. The summed E-state index contributed by atoms with van der Waals surface area (Å²) >= 11 is 0. The van der Waals surface area contributed by atoms with Crippen LogP contribution in [0.2, 0.25) is 0 Å². The van der Waals surface area contributed by atoms with Gasteiger partial charge in [0.1, 0.15) is 23.3 Å². The summed E-state index contributed by atoms with van der Waals surface area (Å²) in [7, 11) is 4.13. The Labute approximate surface area is 788 Å². The monoisotopic (exact) mass is 2040 g/mol. The zero-order valence-electron chi connectivity index (χ0n) is 79.1. The second-order valence-electron chi connectivity index (χ2n) is 44.4. The van der Waals surface area contributed by atoms with E-state index in [2.05, 4.69) is 430 Å². The molecule has 14 heteroatoms. The molecule has 0 saturated heterocycles. The topological polar surface area (TPSA) is 119 Å². The molecule has 4 aromatic heterocycles. The van der Waals surface area contributed by atoms with Gasteiger partial charge in [0, 0.05) is 83.8 Å². The van der Waals surface area contributed by atoms with Gasteiger partial charge in [-0.15, -0.1) is 22.3 Å². The minimum Gasteiger partial charge on any atom is -0.581 e. The number of benzene rings is 10. The van der Waals surface area contributed by atoms with Gasteiger partial charge in [0.25, 0.3) is 0 Å². The van der Waals surface area contributed by atoms with Gasteiger partial charge >= 0.3 is 0 Å². The molecule has 0 unspecified atom stereocenters. The Bertz CT molecular complexity index is 6440. The summed E-state index contributed by atoms with van der Waals surface area (Å²) in [6.07, 6.45) is 10.8. The summed E-state index contributed by atoms with van der Waals surface area (Å²) in [4.78, 5) is 28.8. The fraction of sp³-hybridized carbons (Fsp3) is 0.333. The predicted molar refractivity (Wildman–Crippen MR) is 515 cm³/mol. The summed E-state index contributed by atoms with van der Waals surface area (Å²) < 4.78 is 0. The maximum Gasteiger partial charge on any atom is 0.142 e. The molecule has 2 aliphatic heterocycles. The largest absolute Gasteiger partial charge is 0.581 e. The average molecular weight is 2050 g/mol. The van der Waals surface area contributed by atoms with Crippen molar-refractivity contribution in [2.24, 2.45) is 0 Å². The molecular formula is C114H118N12Pt2-6. The maximum atomic E-state index is 5.09. The van der Waals surface area contributed by atoms with Crippen LogP contribution in [0.4, 0.5) is 23.3 Å². The number of aromatic nitrogens is 8. The number of hydrogen-bond donors (Lipinski definition) is 0. The molecule has 0 amide bonds. The SMILES string of the molecule is CN1[CH-]N(C2(c3[c-]c(C4(c5cc[n-]n5)c5ccc(C(C)(C)C)cc5-c5cc(C(C)(C)C)ccc54)ccc3)c3ccc(C(C)(C)C)cc3-c3cc(C(C)(C)C)ccc32)c2nccnc21.CN1[CH-]N(C2(c3c[c-]c(C4(c5cc[n-]n5)c5ccc(C(C)(C)C)cc5-c5cc(C(C)(C)C)ccc54)cc3)c3ccc(C(C)(C)C)cc3-c3cc(C(C)(C)C)ccc32)c2nccnc21.[Pt].[Pt]. The van der Waals surface area contributed by atoms with Gasteiger partial charge in [0.2, 0.25) is 0 Å². The van der Waals surface area contributed by atoms with Crippen molar-refractivity contribution in [2.45, 2.75) is 231 Å². The first-order chi connectivity index (χ1) is 59.3. The molecule has 0 saturated carbocycles. The van der Waals surface area contributed by atoms with Gasteiger partial charge in [-0.2, -0.15) is 74.3 Å². The van der Waals surface area contributed by atoms with E-state index in [1.807, 2.05) is 18.6 Å². The number of rotatable bonds is 8. The van der Waals surface area contributed by atoms with Crippen LogP contribution in [0, 0.1) is 25.5 Å². The Morgan fingerprint density at radius 2 is 0.555 bits per heavy atom. The molecule has 12 nitrogen and oxygen atoms in total. The standard InChI is InChI=1S/2C57H59N6.2Pt/c1-52(2,3)37-18-22-45-41(30-37)42-31-38(53(4,5)6)19-23-46(42)56(45,49-26-27-60-61-49)35-14-16-36(17-15-35)57(63-34-62(13)50-51(63)59-29-28-58-50)47-24-20-39(54(7,8)9)32-43(47)44-33-40(55(10,11)12)21-25-48(44)57;1-52(2,3)35-17-21-45-41(30-35)42-31-36(53(4,5)6)18-22-46(42)56(45,49-25-26-60-61-49)39-15-14-16-40(29-39)57(63-34-62(13)50-51(63)59-28-27-58-50)47-23-19-37(54(7,8)9)32-43(47)44-33-38(55(10,11)12)20-24-48(44)57;;/h14,16-34H,1-13H3;14-28,30-34H,1-13H3;;/q2*-3;;. The van der Waals surface area contributed by atoms with Crippen LogP contribution in [0.15, 0.2) is 231 Å². The van der Waals surface area contributed by atoms with E-state index in [0.29, 0.717) is 0 Å². The van der Waals surface area contributed by atoms with Crippen molar-refractivity contribution in [1.29, 1.82) is 0 Å².